The van der Waals surface area contributed by atoms with E-state index in [9.17, 15) is 0 Å². The second-order valence-corrected chi connectivity index (χ2v) is 4.69. The molecule has 0 aliphatic carbocycles. The molecule has 1 aliphatic heterocycles. The molecule has 0 saturated carbocycles. The van der Waals surface area contributed by atoms with Crippen LogP contribution in [-0.2, 0) is 11.3 Å². The van der Waals surface area contributed by atoms with Crippen LogP contribution in [0.3, 0.4) is 0 Å². The number of hydrogen-bond donors (Lipinski definition) is 1. The quantitative estimate of drug-likeness (QED) is 0.764. The van der Waals surface area contributed by atoms with Gasteiger partial charge in [0.1, 0.15) is 11.8 Å². The van der Waals surface area contributed by atoms with Gasteiger partial charge < -0.3 is 14.8 Å². The highest BCUT2D eigenvalue weighted by molar-refractivity contribution is 5.28. The van der Waals surface area contributed by atoms with E-state index in [1.807, 2.05) is 24.3 Å². The maximum Gasteiger partial charge on any atom is 0.174 e. The van der Waals surface area contributed by atoms with Crippen molar-refractivity contribution in [2.75, 3.05) is 19.8 Å². The number of hydrogen-bond acceptors (Lipinski definition) is 4. The van der Waals surface area contributed by atoms with Crippen LogP contribution in [0.5, 0.6) is 5.75 Å². The summed E-state index contributed by atoms with van der Waals surface area (Å²) in [5, 5.41) is 11.9. The molecule has 2 rings (SSSR count). The van der Waals surface area contributed by atoms with Crippen LogP contribution in [0.25, 0.3) is 0 Å². The predicted octanol–water partition coefficient (Wildman–Crippen LogP) is 2.25. The summed E-state index contributed by atoms with van der Waals surface area (Å²) in [7, 11) is 0. The third-order valence-electron chi connectivity index (χ3n) is 3.20. The number of ether oxygens (including phenoxy) is 2. The normalized spacial score (nSPS) is 18.2. The van der Waals surface area contributed by atoms with Gasteiger partial charge in [-0.2, -0.15) is 5.26 Å². The summed E-state index contributed by atoms with van der Waals surface area (Å²) in [6.45, 7) is 2.79. The lowest BCUT2D eigenvalue weighted by Gasteiger charge is -2.10. The highest BCUT2D eigenvalue weighted by atomic mass is 16.5. The monoisotopic (exact) mass is 260 g/mol. The van der Waals surface area contributed by atoms with Crippen molar-refractivity contribution in [1.82, 2.24) is 5.32 Å². The average molecular weight is 260 g/mol. The van der Waals surface area contributed by atoms with Gasteiger partial charge in [-0.25, -0.2) is 0 Å². The first-order valence-electron chi connectivity index (χ1n) is 6.79. The lowest BCUT2D eigenvalue weighted by molar-refractivity contribution is 0.104. The van der Waals surface area contributed by atoms with E-state index >= 15 is 0 Å². The van der Waals surface area contributed by atoms with Crippen molar-refractivity contribution in [3.63, 3.8) is 0 Å². The summed E-state index contributed by atoms with van der Waals surface area (Å²) in [5.41, 5.74) is 1.17. The van der Waals surface area contributed by atoms with E-state index in [-0.39, 0.29) is 6.61 Å². The molecule has 0 amide bonds. The maximum absolute atomic E-state index is 8.47. The Labute approximate surface area is 114 Å². The van der Waals surface area contributed by atoms with Crippen LogP contribution in [0.4, 0.5) is 0 Å². The molecule has 1 fully saturated rings. The van der Waals surface area contributed by atoms with Crippen molar-refractivity contribution in [3.8, 4) is 11.8 Å². The van der Waals surface area contributed by atoms with Crippen molar-refractivity contribution in [2.45, 2.75) is 31.9 Å². The maximum atomic E-state index is 8.47. The van der Waals surface area contributed by atoms with Crippen molar-refractivity contribution in [1.29, 1.82) is 5.26 Å². The first-order chi connectivity index (χ1) is 9.38. The van der Waals surface area contributed by atoms with E-state index in [4.69, 9.17) is 14.7 Å². The van der Waals surface area contributed by atoms with Crippen LogP contribution in [0.2, 0.25) is 0 Å². The van der Waals surface area contributed by atoms with Gasteiger partial charge in [0.15, 0.2) is 6.61 Å². The van der Waals surface area contributed by atoms with E-state index in [1.54, 1.807) is 0 Å². The zero-order chi connectivity index (χ0) is 13.3. The molecule has 1 aromatic rings. The average Bonchev–Trinajstić information content (AvgIpc) is 2.95. The van der Waals surface area contributed by atoms with Gasteiger partial charge in [-0.05, 0) is 43.5 Å². The molecule has 1 saturated heterocycles. The molecular formula is C15H20N2O2. The third kappa shape index (κ3) is 4.90. The summed E-state index contributed by atoms with van der Waals surface area (Å²) in [5.74, 6) is 0.750. The van der Waals surface area contributed by atoms with E-state index < -0.39 is 0 Å². The first kappa shape index (κ1) is 13.9. The molecule has 1 atom stereocenters. The number of nitrogens with zero attached hydrogens (tertiary/aromatic N) is 1. The Hall–Kier alpha value is -1.57. The molecule has 0 aromatic heterocycles. The second-order valence-electron chi connectivity index (χ2n) is 4.69. The fourth-order valence-electron chi connectivity index (χ4n) is 2.23. The molecule has 1 aliphatic rings. The Kier molecular flexibility index (Phi) is 5.67. The Bertz CT molecular complexity index is 422. The zero-order valence-electron chi connectivity index (χ0n) is 11.1. The topological polar surface area (TPSA) is 54.3 Å². The minimum Gasteiger partial charge on any atom is -0.479 e. The highest BCUT2D eigenvalue weighted by Crippen LogP contribution is 2.15. The summed E-state index contributed by atoms with van der Waals surface area (Å²) in [6.07, 6.45) is 3.91. The Morgan fingerprint density at radius 2 is 2.42 bits per heavy atom. The lowest BCUT2D eigenvalue weighted by atomic mass is 10.1. The van der Waals surface area contributed by atoms with Crippen LogP contribution in [-0.4, -0.2) is 25.9 Å². The minimum atomic E-state index is 0.0932. The Morgan fingerprint density at radius 3 is 3.21 bits per heavy atom. The van der Waals surface area contributed by atoms with Crippen molar-refractivity contribution < 1.29 is 9.47 Å². The smallest absolute Gasteiger partial charge is 0.174 e. The summed E-state index contributed by atoms with van der Waals surface area (Å²) < 4.78 is 10.9. The zero-order valence-corrected chi connectivity index (χ0v) is 11.1. The fourth-order valence-corrected chi connectivity index (χ4v) is 2.23. The standard InChI is InChI=1S/C15H20N2O2/c16-7-10-19-15-4-1-3-13(11-15)12-17-8-6-14-5-2-9-18-14/h1,3-4,11,14,17H,2,5-6,8-10,12H2. The van der Waals surface area contributed by atoms with Gasteiger partial charge in [-0.1, -0.05) is 12.1 Å². The molecule has 0 radical (unpaired) electrons. The van der Waals surface area contributed by atoms with Crippen LogP contribution in [0, 0.1) is 11.3 Å². The van der Waals surface area contributed by atoms with Crippen molar-refractivity contribution in [3.05, 3.63) is 29.8 Å². The molecule has 4 nitrogen and oxygen atoms in total. The summed E-state index contributed by atoms with van der Waals surface area (Å²) in [6, 6.07) is 9.81. The van der Waals surface area contributed by atoms with Gasteiger partial charge >= 0.3 is 0 Å². The van der Waals surface area contributed by atoms with Crippen molar-refractivity contribution in [2.24, 2.45) is 0 Å². The predicted molar refractivity (Wildman–Crippen MR) is 72.8 cm³/mol. The minimum absolute atomic E-state index is 0.0932. The van der Waals surface area contributed by atoms with Gasteiger partial charge in [-0.3, -0.25) is 0 Å². The molecule has 0 spiro atoms. The molecule has 102 valence electrons. The lowest BCUT2D eigenvalue weighted by Crippen LogP contribution is -2.19. The first-order valence-corrected chi connectivity index (χ1v) is 6.79. The number of nitrogens with one attached hydrogen (secondary N) is 1. The van der Waals surface area contributed by atoms with Crippen LogP contribution in [0.1, 0.15) is 24.8 Å². The van der Waals surface area contributed by atoms with Crippen LogP contribution >= 0.6 is 0 Å². The summed E-state index contributed by atoms with van der Waals surface area (Å²) >= 11 is 0. The van der Waals surface area contributed by atoms with Gasteiger partial charge in [0.25, 0.3) is 0 Å². The number of rotatable bonds is 7. The second kappa shape index (κ2) is 7.78. The largest absolute Gasteiger partial charge is 0.479 e. The molecule has 1 aromatic carbocycles. The van der Waals surface area contributed by atoms with E-state index in [0.29, 0.717) is 6.10 Å². The molecule has 19 heavy (non-hydrogen) atoms. The van der Waals surface area contributed by atoms with Crippen molar-refractivity contribution >= 4 is 0 Å². The van der Waals surface area contributed by atoms with E-state index in [0.717, 1.165) is 31.9 Å². The molecule has 1 unspecified atom stereocenters. The highest BCUT2D eigenvalue weighted by Gasteiger charge is 2.14. The van der Waals surface area contributed by atoms with Crippen LogP contribution < -0.4 is 10.1 Å². The van der Waals surface area contributed by atoms with Gasteiger partial charge in [0.2, 0.25) is 0 Å². The number of nitriles is 1. The van der Waals surface area contributed by atoms with E-state index in [2.05, 4.69) is 11.4 Å². The SMILES string of the molecule is N#CCOc1cccc(CNCCC2CCCO2)c1. The third-order valence-corrected chi connectivity index (χ3v) is 3.20. The molecule has 1 heterocycles. The van der Waals surface area contributed by atoms with Gasteiger partial charge in [0, 0.05) is 13.2 Å². The van der Waals surface area contributed by atoms with Crippen LogP contribution in [0.15, 0.2) is 24.3 Å². The fraction of sp³-hybridized carbons (Fsp3) is 0.533. The van der Waals surface area contributed by atoms with Gasteiger partial charge in [0.05, 0.1) is 6.10 Å². The Morgan fingerprint density at radius 1 is 1.47 bits per heavy atom. The molecule has 1 N–H and O–H groups in total. The Balaban J connectivity index is 1.68. The molecule has 0 bridgehead atoms. The summed E-state index contributed by atoms with van der Waals surface area (Å²) in [4.78, 5) is 0. The van der Waals surface area contributed by atoms with Gasteiger partial charge in [-0.15, -0.1) is 0 Å². The number of benzene rings is 1. The van der Waals surface area contributed by atoms with E-state index in [1.165, 1.54) is 18.4 Å². The molecular weight excluding hydrogens is 240 g/mol. The molecule has 4 heteroatoms.